The number of anilines is 2. The van der Waals surface area contributed by atoms with E-state index < -0.39 is 11.7 Å². The molecule has 1 aliphatic rings. The van der Waals surface area contributed by atoms with Gasteiger partial charge in [-0.15, -0.1) is 0 Å². The molecule has 1 N–H and O–H groups in total. The number of carbonyl (C=O) groups is 1. The largest absolute Gasteiger partial charge is 0.416 e. The van der Waals surface area contributed by atoms with Gasteiger partial charge < -0.3 is 10.2 Å². The molecule has 0 spiro atoms. The zero-order valence-corrected chi connectivity index (χ0v) is 21.1. The fraction of sp³-hybridized carbons (Fsp3) is 0.194. The van der Waals surface area contributed by atoms with Crippen molar-refractivity contribution in [3.05, 3.63) is 120 Å². The minimum atomic E-state index is -4.42. The predicted molar refractivity (Wildman–Crippen MR) is 145 cm³/mol. The third kappa shape index (κ3) is 6.46. The Morgan fingerprint density at radius 2 is 1.49 bits per heavy atom. The number of nitrogens with one attached hydrogen (secondary N) is 1. The molecule has 0 aliphatic carbocycles. The zero-order chi connectivity index (χ0) is 27.4. The summed E-state index contributed by atoms with van der Waals surface area (Å²) in [6, 6.07) is 25.9. The van der Waals surface area contributed by atoms with Gasteiger partial charge in [-0.05, 0) is 71.3 Å². The number of piperazine rings is 1. The van der Waals surface area contributed by atoms with Crippen molar-refractivity contribution >= 4 is 17.3 Å². The van der Waals surface area contributed by atoms with Gasteiger partial charge in [0.2, 0.25) is 0 Å². The quantitative estimate of drug-likeness (QED) is 0.269. The van der Waals surface area contributed by atoms with Crippen molar-refractivity contribution in [2.45, 2.75) is 12.7 Å². The van der Waals surface area contributed by atoms with Crippen LogP contribution in [0.1, 0.15) is 21.5 Å². The number of rotatable bonds is 6. The van der Waals surface area contributed by atoms with Crippen LogP contribution in [-0.4, -0.2) is 37.0 Å². The first-order valence-electron chi connectivity index (χ1n) is 12.7. The fourth-order valence-electron chi connectivity index (χ4n) is 4.78. The SMILES string of the molecule is O=C(Nc1ccc(N2CCN(Cc3cccc(F)c3)CC2)cc1)c1ccccc1-c1ccc(C(F)(F)F)cc1. The molecule has 1 amide bonds. The molecule has 0 atom stereocenters. The maximum absolute atomic E-state index is 13.5. The monoisotopic (exact) mass is 533 g/mol. The summed E-state index contributed by atoms with van der Waals surface area (Å²) in [7, 11) is 0. The van der Waals surface area contributed by atoms with E-state index in [1.165, 1.54) is 18.2 Å². The van der Waals surface area contributed by atoms with Gasteiger partial charge in [0.15, 0.2) is 0 Å². The lowest BCUT2D eigenvalue weighted by molar-refractivity contribution is -0.137. The number of halogens is 4. The van der Waals surface area contributed by atoms with E-state index in [1.54, 1.807) is 36.4 Å². The van der Waals surface area contributed by atoms with Gasteiger partial charge in [0.05, 0.1) is 5.56 Å². The Bertz CT molecular complexity index is 1430. The van der Waals surface area contributed by atoms with Crippen molar-refractivity contribution in [3.63, 3.8) is 0 Å². The van der Waals surface area contributed by atoms with Crippen molar-refractivity contribution in [1.29, 1.82) is 0 Å². The summed E-state index contributed by atoms with van der Waals surface area (Å²) in [5, 5.41) is 2.90. The van der Waals surface area contributed by atoms with Crippen LogP contribution in [-0.2, 0) is 12.7 Å². The highest BCUT2D eigenvalue weighted by Gasteiger charge is 2.30. The van der Waals surface area contributed by atoms with Gasteiger partial charge in [0, 0.05) is 49.7 Å². The van der Waals surface area contributed by atoms with Gasteiger partial charge in [0.1, 0.15) is 5.82 Å². The Balaban J connectivity index is 1.20. The second-order valence-electron chi connectivity index (χ2n) is 9.51. The van der Waals surface area contributed by atoms with Crippen LogP contribution in [0.4, 0.5) is 28.9 Å². The second kappa shape index (κ2) is 11.3. The lowest BCUT2D eigenvalue weighted by Gasteiger charge is -2.36. The normalized spacial score (nSPS) is 14.3. The first-order valence-corrected chi connectivity index (χ1v) is 12.7. The van der Waals surface area contributed by atoms with Crippen LogP contribution in [0.25, 0.3) is 11.1 Å². The third-order valence-corrected chi connectivity index (χ3v) is 6.85. The average Bonchev–Trinajstić information content (AvgIpc) is 2.94. The van der Waals surface area contributed by atoms with Crippen molar-refractivity contribution in [3.8, 4) is 11.1 Å². The molecule has 0 radical (unpaired) electrons. The van der Waals surface area contributed by atoms with Crippen molar-refractivity contribution in [2.24, 2.45) is 0 Å². The summed E-state index contributed by atoms with van der Waals surface area (Å²) in [5.74, 6) is -0.564. The van der Waals surface area contributed by atoms with E-state index in [2.05, 4.69) is 15.1 Å². The molecule has 0 saturated carbocycles. The van der Waals surface area contributed by atoms with E-state index in [-0.39, 0.29) is 11.7 Å². The zero-order valence-electron chi connectivity index (χ0n) is 21.1. The molecule has 39 heavy (non-hydrogen) atoms. The topological polar surface area (TPSA) is 35.6 Å². The number of hydrogen-bond acceptors (Lipinski definition) is 3. The number of nitrogens with zero attached hydrogens (tertiary/aromatic N) is 2. The lowest BCUT2D eigenvalue weighted by atomic mass is 9.98. The number of carbonyl (C=O) groups excluding carboxylic acids is 1. The molecule has 8 heteroatoms. The van der Waals surface area contributed by atoms with Crippen LogP contribution in [0.3, 0.4) is 0 Å². The molecule has 0 unspecified atom stereocenters. The molecular weight excluding hydrogens is 506 g/mol. The highest BCUT2D eigenvalue weighted by Crippen LogP contribution is 2.32. The molecule has 4 nitrogen and oxygen atoms in total. The molecule has 4 aromatic carbocycles. The van der Waals surface area contributed by atoms with Gasteiger partial charge in [-0.2, -0.15) is 13.2 Å². The Labute approximate surface area is 224 Å². The summed E-state index contributed by atoms with van der Waals surface area (Å²) in [6.07, 6.45) is -4.42. The average molecular weight is 534 g/mol. The van der Waals surface area contributed by atoms with Crippen molar-refractivity contribution < 1.29 is 22.4 Å². The number of amides is 1. The van der Waals surface area contributed by atoms with E-state index in [0.717, 1.165) is 49.6 Å². The van der Waals surface area contributed by atoms with E-state index in [4.69, 9.17) is 0 Å². The van der Waals surface area contributed by atoms with Gasteiger partial charge in [-0.1, -0.05) is 42.5 Å². The Hall–Kier alpha value is -4.17. The van der Waals surface area contributed by atoms with E-state index >= 15 is 0 Å². The molecule has 1 fully saturated rings. The van der Waals surface area contributed by atoms with Crippen LogP contribution < -0.4 is 10.2 Å². The highest BCUT2D eigenvalue weighted by atomic mass is 19.4. The maximum atomic E-state index is 13.5. The first-order chi connectivity index (χ1) is 18.8. The second-order valence-corrected chi connectivity index (χ2v) is 9.51. The standard InChI is InChI=1S/C31H27F4N3O/c32-25-5-3-4-22(20-25)21-37-16-18-38(19-17-37)27-14-12-26(13-15-27)36-30(39)29-7-2-1-6-28(29)23-8-10-24(11-9-23)31(33,34)35/h1-15,20H,16-19,21H2,(H,36,39). The van der Waals surface area contributed by atoms with Crippen LogP contribution in [0.5, 0.6) is 0 Å². The summed E-state index contributed by atoms with van der Waals surface area (Å²) in [4.78, 5) is 17.7. The van der Waals surface area contributed by atoms with E-state index in [0.29, 0.717) is 28.9 Å². The van der Waals surface area contributed by atoms with Gasteiger partial charge in [-0.25, -0.2) is 4.39 Å². The molecule has 1 aliphatic heterocycles. The number of alkyl halides is 3. The van der Waals surface area contributed by atoms with Crippen LogP contribution in [0.15, 0.2) is 97.1 Å². The molecule has 5 rings (SSSR count). The molecule has 1 saturated heterocycles. The van der Waals surface area contributed by atoms with Crippen molar-refractivity contribution in [2.75, 3.05) is 36.4 Å². The summed E-state index contributed by atoms with van der Waals surface area (Å²) in [6.45, 7) is 4.10. The maximum Gasteiger partial charge on any atom is 0.416 e. The molecule has 0 bridgehead atoms. The van der Waals surface area contributed by atoms with Crippen LogP contribution >= 0.6 is 0 Å². The summed E-state index contributed by atoms with van der Waals surface area (Å²) >= 11 is 0. The number of benzene rings is 4. The Morgan fingerprint density at radius 1 is 0.795 bits per heavy atom. The third-order valence-electron chi connectivity index (χ3n) is 6.85. The Morgan fingerprint density at radius 3 is 2.15 bits per heavy atom. The van der Waals surface area contributed by atoms with Crippen LogP contribution in [0, 0.1) is 5.82 Å². The van der Waals surface area contributed by atoms with Crippen LogP contribution in [0.2, 0.25) is 0 Å². The summed E-state index contributed by atoms with van der Waals surface area (Å²) < 4.78 is 52.3. The smallest absolute Gasteiger partial charge is 0.369 e. The molecule has 1 heterocycles. The molecule has 0 aromatic heterocycles. The number of hydrogen-bond donors (Lipinski definition) is 1. The predicted octanol–water partition coefficient (Wildman–Crippen LogP) is 7.09. The molecule has 4 aromatic rings. The first kappa shape index (κ1) is 26.4. The summed E-state index contributed by atoms with van der Waals surface area (Å²) in [5.41, 5.74) is 3.34. The minimum absolute atomic E-state index is 0.221. The van der Waals surface area contributed by atoms with Crippen molar-refractivity contribution in [1.82, 2.24) is 4.90 Å². The molecular formula is C31H27F4N3O. The van der Waals surface area contributed by atoms with Gasteiger partial charge in [0.25, 0.3) is 5.91 Å². The van der Waals surface area contributed by atoms with E-state index in [1.807, 2.05) is 30.3 Å². The van der Waals surface area contributed by atoms with Gasteiger partial charge >= 0.3 is 6.18 Å². The van der Waals surface area contributed by atoms with E-state index in [9.17, 15) is 22.4 Å². The lowest BCUT2D eigenvalue weighted by Crippen LogP contribution is -2.45. The highest BCUT2D eigenvalue weighted by molar-refractivity contribution is 6.08. The molecule has 200 valence electrons. The Kier molecular flexibility index (Phi) is 7.65. The van der Waals surface area contributed by atoms with Gasteiger partial charge in [-0.3, -0.25) is 9.69 Å². The minimum Gasteiger partial charge on any atom is -0.369 e. The fourth-order valence-corrected chi connectivity index (χ4v) is 4.78.